The molecule has 0 spiro atoms. The molecule has 0 saturated carbocycles. The van der Waals surface area contributed by atoms with Crippen LogP contribution in [0.4, 0.5) is 5.69 Å². The van der Waals surface area contributed by atoms with Gasteiger partial charge >= 0.3 is 0 Å². The minimum atomic E-state index is 0.378. The molecule has 0 radical (unpaired) electrons. The lowest BCUT2D eigenvalue weighted by Gasteiger charge is -2.10. The van der Waals surface area contributed by atoms with Crippen molar-refractivity contribution in [3.63, 3.8) is 0 Å². The van der Waals surface area contributed by atoms with Crippen LogP contribution in [0.2, 0.25) is 10.0 Å². The average molecular weight is 288 g/mol. The van der Waals surface area contributed by atoms with E-state index in [0.29, 0.717) is 20.8 Å². The van der Waals surface area contributed by atoms with Crippen molar-refractivity contribution in [1.82, 2.24) is 14.9 Å². The Morgan fingerprint density at radius 3 is 2.29 bits per heavy atom. The van der Waals surface area contributed by atoms with Crippen LogP contribution in [0.15, 0.2) is 30.9 Å². The molecule has 17 heavy (non-hydrogen) atoms. The van der Waals surface area contributed by atoms with Gasteiger partial charge in [0, 0.05) is 15.7 Å². The summed E-state index contributed by atoms with van der Waals surface area (Å²) in [6.07, 6.45) is 2.97. The first kappa shape index (κ1) is 12.1. The summed E-state index contributed by atoms with van der Waals surface area (Å²) in [6, 6.07) is 5.08. The van der Waals surface area contributed by atoms with Gasteiger partial charge in [0.2, 0.25) is 0 Å². The number of anilines is 1. The molecule has 0 aliphatic rings. The summed E-state index contributed by atoms with van der Waals surface area (Å²) in [5.41, 5.74) is 3.54. The topological polar surface area (TPSA) is 54.8 Å². The van der Waals surface area contributed by atoms with E-state index in [1.165, 1.54) is 17.3 Å². The monoisotopic (exact) mass is 287 g/mol. The molecule has 2 rings (SSSR count). The Kier molecular flexibility index (Phi) is 3.78. The molecule has 88 valence electrons. The molecule has 8 heteroatoms. The third-order valence-corrected chi connectivity index (χ3v) is 2.40. The molecule has 0 aliphatic carbocycles. The van der Waals surface area contributed by atoms with Crippen molar-refractivity contribution in [3.05, 3.63) is 40.9 Å². The minimum Gasteiger partial charge on any atom is -0.331 e. The van der Waals surface area contributed by atoms with Crippen LogP contribution in [0.5, 0.6) is 0 Å². The smallest absolute Gasteiger partial charge is 0.190 e. The Hall–Kier alpha value is -1.37. The van der Waals surface area contributed by atoms with Crippen molar-refractivity contribution in [2.45, 2.75) is 0 Å². The Morgan fingerprint density at radius 2 is 1.71 bits per heavy atom. The lowest BCUT2D eigenvalue weighted by Crippen LogP contribution is -2.26. The molecule has 5 nitrogen and oxygen atoms in total. The summed E-state index contributed by atoms with van der Waals surface area (Å²) in [7, 11) is 0. The van der Waals surface area contributed by atoms with E-state index in [1.54, 1.807) is 18.2 Å². The summed E-state index contributed by atoms with van der Waals surface area (Å²) in [6.45, 7) is 0. The maximum Gasteiger partial charge on any atom is 0.190 e. The molecule has 1 heterocycles. The quantitative estimate of drug-likeness (QED) is 0.832. The van der Waals surface area contributed by atoms with Gasteiger partial charge in [0.15, 0.2) is 5.11 Å². The van der Waals surface area contributed by atoms with Crippen molar-refractivity contribution >= 4 is 46.2 Å². The van der Waals surface area contributed by atoms with Gasteiger partial charge < -0.3 is 5.32 Å². The van der Waals surface area contributed by atoms with E-state index in [0.717, 1.165) is 0 Å². The molecule has 0 saturated heterocycles. The van der Waals surface area contributed by atoms with E-state index >= 15 is 0 Å². The van der Waals surface area contributed by atoms with Gasteiger partial charge in [-0.2, -0.15) is 0 Å². The van der Waals surface area contributed by atoms with Gasteiger partial charge in [-0.1, -0.05) is 23.2 Å². The maximum absolute atomic E-state index is 5.86. The normalized spacial score (nSPS) is 10.0. The van der Waals surface area contributed by atoms with Crippen LogP contribution in [-0.2, 0) is 0 Å². The lowest BCUT2D eigenvalue weighted by molar-refractivity contribution is 0.974. The first-order chi connectivity index (χ1) is 8.13. The van der Waals surface area contributed by atoms with Gasteiger partial charge in [0.25, 0.3) is 0 Å². The maximum atomic E-state index is 5.86. The molecule has 0 fully saturated rings. The summed E-state index contributed by atoms with van der Waals surface area (Å²) in [4.78, 5) is 0. The summed E-state index contributed by atoms with van der Waals surface area (Å²) >= 11 is 16.8. The zero-order valence-electron chi connectivity index (χ0n) is 8.39. The zero-order chi connectivity index (χ0) is 12.3. The number of nitrogens with one attached hydrogen (secondary N) is 2. The highest BCUT2D eigenvalue weighted by Gasteiger charge is 2.01. The second kappa shape index (κ2) is 5.31. The van der Waals surface area contributed by atoms with Gasteiger partial charge in [0.05, 0.1) is 0 Å². The van der Waals surface area contributed by atoms with E-state index in [-0.39, 0.29) is 0 Å². The number of thiocarbonyl (C=S) groups is 1. The predicted octanol–water partition coefficient (Wildman–Crippen LogP) is 2.53. The molecule has 2 aromatic rings. The third kappa shape index (κ3) is 3.55. The van der Waals surface area contributed by atoms with Crippen LogP contribution >= 0.6 is 35.4 Å². The highest BCUT2D eigenvalue weighted by molar-refractivity contribution is 7.80. The number of halogens is 2. The molecule has 2 N–H and O–H groups in total. The second-order valence-corrected chi connectivity index (χ2v) is 4.37. The van der Waals surface area contributed by atoms with Crippen molar-refractivity contribution < 1.29 is 0 Å². The highest BCUT2D eigenvalue weighted by Crippen LogP contribution is 2.22. The lowest BCUT2D eigenvalue weighted by atomic mass is 10.3. The highest BCUT2D eigenvalue weighted by atomic mass is 35.5. The Bertz CT molecular complexity index is 508. The van der Waals surface area contributed by atoms with E-state index < -0.39 is 0 Å². The molecule has 1 aromatic heterocycles. The standard InChI is InChI=1S/C9H7Cl2N5S/c10-6-1-7(11)3-8(2-6)14-9(17)15-16-4-12-13-5-16/h1-5H,(H2,14,15,17). The molecule has 0 aliphatic heterocycles. The van der Waals surface area contributed by atoms with Gasteiger partial charge in [0.1, 0.15) is 12.7 Å². The Morgan fingerprint density at radius 1 is 1.12 bits per heavy atom. The van der Waals surface area contributed by atoms with Crippen LogP contribution in [0.25, 0.3) is 0 Å². The number of nitrogens with zero attached hydrogens (tertiary/aromatic N) is 3. The molecule has 1 aromatic carbocycles. The Labute approximate surface area is 113 Å². The van der Waals surface area contributed by atoms with Crippen LogP contribution in [0.3, 0.4) is 0 Å². The molecule has 0 atom stereocenters. The molecule has 0 unspecified atom stereocenters. The van der Waals surface area contributed by atoms with E-state index in [9.17, 15) is 0 Å². The molecule has 0 bridgehead atoms. The number of aromatic nitrogens is 3. The number of benzene rings is 1. The number of hydrogen-bond donors (Lipinski definition) is 2. The Balaban J connectivity index is 2.03. The van der Waals surface area contributed by atoms with Crippen LogP contribution in [0.1, 0.15) is 0 Å². The van der Waals surface area contributed by atoms with Gasteiger partial charge in [-0.25, -0.2) is 4.68 Å². The third-order valence-electron chi connectivity index (χ3n) is 1.77. The fourth-order valence-electron chi connectivity index (χ4n) is 1.16. The van der Waals surface area contributed by atoms with Crippen LogP contribution < -0.4 is 10.7 Å². The fraction of sp³-hybridized carbons (Fsp3) is 0. The van der Waals surface area contributed by atoms with Crippen molar-refractivity contribution in [2.24, 2.45) is 0 Å². The predicted molar refractivity (Wildman–Crippen MR) is 72.1 cm³/mol. The van der Waals surface area contributed by atoms with Gasteiger partial charge in [-0.05, 0) is 30.4 Å². The van der Waals surface area contributed by atoms with Gasteiger partial charge in [-0.15, -0.1) is 10.2 Å². The minimum absolute atomic E-state index is 0.378. The second-order valence-electron chi connectivity index (χ2n) is 3.09. The van der Waals surface area contributed by atoms with Gasteiger partial charge in [-0.3, -0.25) is 5.43 Å². The molecule has 0 amide bonds. The fourth-order valence-corrected chi connectivity index (χ4v) is 1.91. The van der Waals surface area contributed by atoms with Crippen LogP contribution in [0, 0.1) is 0 Å². The zero-order valence-corrected chi connectivity index (χ0v) is 10.7. The van der Waals surface area contributed by atoms with E-state index in [1.807, 2.05) is 0 Å². The molecular formula is C9H7Cl2N5S. The number of hydrogen-bond acceptors (Lipinski definition) is 3. The average Bonchev–Trinajstić information content (AvgIpc) is 2.67. The van der Waals surface area contributed by atoms with Crippen molar-refractivity contribution in [3.8, 4) is 0 Å². The van der Waals surface area contributed by atoms with Crippen molar-refractivity contribution in [2.75, 3.05) is 10.7 Å². The summed E-state index contributed by atoms with van der Waals surface area (Å²) in [5, 5.41) is 11.6. The van der Waals surface area contributed by atoms with Crippen LogP contribution in [-0.4, -0.2) is 20.0 Å². The summed E-state index contributed by atoms with van der Waals surface area (Å²) < 4.78 is 1.52. The first-order valence-electron chi connectivity index (χ1n) is 4.52. The van der Waals surface area contributed by atoms with Crippen molar-refractivity contribution in [1.29, 1.82) is 0 Å². The van der Waals surface area contributed by atoms with E-state index in [2.05, 4.69) is 20.9 Å². The molecular weight excluding hydrogens is 281 g/mol. The number of rotatable bonds is 2. The summed E-state index contributed by atoms with van der Waals surface area (Å²) in [5.74, 6) is 0. The van der Waals surface area contributed by atoms with E-state index in [4.69, 9.17) is 35.4 Å². The largest absolute Gasteiger partial charge is 0.331 e. The first-order valence-corrected chi connectivity index (χ1v) is 5.68. The SMILES string of the molecule is S=C(Nc1cc(Cl)cc(Cl)c1)Nn1cnnc1.